The van der Waals surface area contributed by atoms with Crippen LogP contribution in [0.4, 0.5) is 11.8 Å². The molecule has 0 bridgehead atoms. The molecule has 1 fully saturated rings. The Kier molecular flexibility index (Phi) is 11.8. The number of anilines is 2. The molecule has 4 aromatic rings. The summed E-state index contributed by atoms with van der Waals surface area (Å²) in [5.41, 5.74) is 3.46. The van der Waals surface area contributed by atoms with Crippen molar-refractivity contribution in [2.75, 3.05) is 69.1 Å². The maximum absolute atomic E-state index is 5.80. The number of nitrogens with one attached hydrogen (secondary N) is 2. The molecule has 0 atom stereocenters. The van der Waals surface area contributed by atoms with Crippen molar-refractivity contribution in [3.05, 3.63) is 46.8 Å². The molecule has 5 heterocycles. The van der Waals surface area contributed by atoms with E-state index < -0.39 is 0 Å². The lowest BCUT2D eigenvalue weighted by molar-refractivity contribution is 0.0398. The number of hydrogen-bond donors (Lipinski definition) is 2. The number of nitrogens with zero attached hydrogens (tertiary/aromatic N) is 6. The SMILES string of the molecule is CCCOCn1nc(-c2cccc(NCc3ccsc3)n2)c2cnc(NCCN3CCOCC3)nc21.CSC. The lowest BCUT2D eigenvalue weighted by atomic mass is 10.2. The topological polar surface area (TPSA) is 102 Å². The van der Waals surface area contributed by atoms with Gasteiger partial charge in [-0.1, -0.05) is 13.0 Å². The van der Waals surface area contributed by atoms with Crippen molar-refractivity contribution in [1.29, 1.82) is 0 Å². The molecule has 0 radical (unpaired) electrons. The van der Waals surface area contributed by atoms with Crippen LogP contribution in [0, 0.1) is 0 Å². The van der Waals surface area contributed by atoms with Crippen molar-refractivity contribution in [3.8, 4) is 11.4 Å². The summed E-state index contributed by atoms with van der Waals surface area (Å²) < 4.78 is 13.0. The maximum atomic E-state index is 5.80. The van der Waals surface area contributed by atoms with Gasteiger partial charge in [0.05, 0.1) is 24.3 Å². The lowest BCUT2D eigenvalue weighted by Crippen LogP contribution is -2.39. The zero-order valence-electron chi connectivity index (χ0n) is 22.9. The molecule has 210 valence electrons. The van der Waals surface area contributed by atoms with Gasteiger partial charge in [-0.05, 0) is 53.5 Å². The number of thiophene rings is 1. The minimum atomic E-state index is 0.324. The smallest absolute Gasteiger partial charge is 0.224 e. The monoisotopic (exact) mass is 570 g/mol. The fraction of sp³-hybridized carbons (Fsp3) is 0.481. The molecule has 0 aliphatic carbocycles. The predicted octanol–water partition coefficient (Wildman–Crippen LogP) is 4.67. The van der Waals surface area contributed by atoms with Gasteiger partial charge in [0.2, 0.25) is 5.95 Å². The van der Waals surface area contributed by atoms with Crippen LogP contribution in [0.3, 0.4) is 0 Å². The Morgan fingerprint density at radius 2 is 1.97 bits per heavy atom. The van der Waals surface area contributed by atoms with Crippen LogP contribution in [-0.2, 0) is 22.7 Å². The Balaban J connectivity index is 0.00000112. The summed E-state index contributed by atoms with van der Waals surface area (Å²) in [5.74, 6) is 1.38. The molecule has 12 heteroatoms. The third-order valence-electron chi connectivity index (χ3n) is 5.91. The third kappa shape index (κ3) is 8.61. The fourth-order valence-corrected chi connectivity index (χ4v) is 4.69. The number of morpholine rings is 1. The van der Waals surface area contributed by atoms with E-state index in [4.69, 9.17) is 24.5 Å². The van der Waals surface area contributed by atoms with Crippen LogP contribution in [-0.4, -0.2) is 88.1 Å². The Hall–Kier alpha value is -2.77. The second kappa shape index (κ2) is 15.7. The van der Waals surface area contributed by atoms with E-state index in [0.717, 1.165) is 80.6 Å². The molecule has 10 nitrogen and oxygen atoms in total. The van der Waals surface area contributed by atoms with Gasteiger partial charge in [0.1, 0.15) is 18.2 Å². The molecule has 2 N–H and O–H groups in total. The van der Waals surface area contributed by atoms with Gasteiger partial charge in [0.15, 0.2) is 5.65 Å². The van der Waals surface area contributed by atoms with Gasteiger partial charge < -0.3 is 20.1 Å². The first-order chi connectivity index (χ1) is 19.2. The van der Waals surface area contributed by atoms with Gasteiger partial charge in [0.25, 0.3) is 0 Å². The minimum absolute atomic E-state index is 0.324. The van der Waals surface area contributed by atoms with Crippen LogP contribution in [0.25, 0.3) is 22.4 Å². The molecule has 1 aliphatic heterocycles. The molecule has 1 aliphatic rings. The maximum Gasteiger partial charge on any atom is 0.224 e. The van der Waals surface area contributed by atoms with Gasteiger partial charge in [-0.25, -0.2) is 14.6 Å². The molecule has 0 aromatic carbocycles. The Bertz CT molecular complexity index is 1260. The third-order valence-corrected chi connectivity index (χ3v) is 6.64. The number of aromatic nitrogens is 5. The van der Waals surface area contributed by atoms with Gasteiger partial charge >= 0.3 is 0 Å². The van der Waals surface area contributed by atoms with Gasteiger partial charge in [-0.2, -0.15) is 33.2 Å². The highest BCUT2D eigenvalue weighted by Crippen LogP contribution is 2.27. The van der Waals surface area contributed by atoms with Crippen LogP contribution < -0.4 is 10.6 Å². The van der Waals surface area contributed by atoms with Crippen LogP contribution in [0.1, 0.15) is 18.9 Å². The summed E-state index contributed by atoms with van der Waals surface area (Å²) in [6.45, 7) is 8.98. The van der Waals surface area contributed by atoms with E-state index in [-0.39, 0.29) is 0 Å². The second-order valence-corrected chi connectivity index (χ2v) is 10.6. The van der Waals surface area contributed by atoms with Gasteiger partial charge in [0, 0.05) is 45.5 Å². The van der Waals surface area contributed by atoms with Crippen molar-refractivity contribution < 1.29 is 9.47 Å². The van der Waals surface area contributed by atoms with Crippen LogP contribution in [0.15, 0.2) is 41.2 Å². The van der Waals surface area contributed by atoms with Crippen molar-refractivity contribution in [1.82, 2.24) is 29.6 Å². The minimum Gasteiger partial charge on any atom is -0.379 e. The number of pyridine rings is 1. The normalized spacial score (nSPS) is 13.7. The second-order valence-electron chi connectivity index (χ2n) is 9.00. The molecule has 39 heavy (non-hydrogen) atoms. The standard InChI is InChI=1S/C25H32N8O2S.C2H6S/c1-2-11-35-18-33-24-20(16-28-25(30-24)26-7-8-32-9-12-34-13-10-32)23(31-33)21-4-3-5-22(29-21)27-15-19-6-14-36-17-19;1-3-2/h3-6,14,16-17H,2,7-13,15,18H2,1H3,(H,27,29)(H,26,28,30);1-2H3. The Morgan fingerprint density at radius 1 is 1.13 bits per heavy atom. The molecule has 1 saturated heterocycles. The molecular weight excluding hydrogens is 532 g/mol. The van der Waals surface area contributed by atoms with Crippen LogP contribution in [0.2, 0.25) is 0 Å². The first-order valence-electron chi connectivity index (χ1n) is 13.2. The largest absolute Gasteiger partial charge is 0.379 e. The van der Waals surface area contributed by atoms with Gasteiger partial charge in [-0.3, -0.25) is 4.90 Å². The van der Waals surface area contributed by atoms with Crippen molar-refractivity contribution in [2.24, 2.45) is 0 Å². The number of hydrogen-bond acceptors (Lipinski definition) is 11. The first-order valence-corrected chi connectivity index (χ1v) is 15.8. The molecule has 0 saturated carbocycles. The van der Waals surface area contributed by atoms with E-state index in [2.05, 4.69) is 44.3 Å². The van der Waals surface area contributed by atoms with E-state index in [0.29, 0.717) is 19.3 Å². The van der Waals surface area contributed by atoms with E-state index in [1.807, 2.05) is 36.9 Å². The summed E-state index contributed by atoms with van der Waals surface area (Å²) in [7, 11) is 0. The molecule has 0 spiro atoms. The summed E-state index contributed by atoms with van der Waals surface area (Å²) in [5, 5.41) is 16.6. The average molecular weight is 571 g/mol. The molecular formula is C27H38N8O2S2. The van der Waals surface area contributed by atoms with E-state index in [1.54, 1.807) is 27.8 Å². The van der Waals surface area contributed by atoms with Crippen LogP contribution >= 0.6 is 23.1 Å². The summed E-state index contributed by atoms with van der Waals surface area (Å²) in [6, 6.07) is 8.02. The van der Waals surface area contributed by atoms with Gasteiger partial charge in [-0.15, -0.1) is 0 Å². The highest BCUT2D eigenvalue weighted by molar-refractivity contribution is 7.97. The van der Waals surface area contributed by atoms with Crippen molar-refractivity contribution in [3.63, 3.8) is 0 Å². The predicted molar refractivity (Wildman–Crippen MR) is 162 cm³/mol. The molecule has 0 unspecified atom stereocenters. The summed E-state index contributed by atoms with van der Waals surface area (Å²) in [4.78, 5) is 16.6. The number of ether oxygens (including phenoxy) is 2. The molecule has 0 amide bonds. The highest BCUT2D eigenvalue weighted by atomic mass is 32.2. The fourth-order valence-electron chi connectivity index (χ4n) is 4.02. The summed E-state index contributed by atoms with van der Waals surface area (Å²) in [6.07, 6.45) is 6.85. The average Bonchev–Trinajstić information content (AvgIpc) is 3.62. The zero-order valence-corrected chi connectivity index (χ0v) is 24.6. The zero-order chi connectivity index (χ0) is 27.3. The number of thioether (sulfide) groups is 1. The Labute approximate surface area is 238 Å². The lowest BCUT2D eigenvalue weighted by Gasteiger charge is -2.26. The number of rotatable bonds is 12. The van der Waals surface area contributed by atoms with Crippen molar-refractivity contribution >= 4 is 45.9 Å². The molecule has 4 aromatic heterocycles. The first kappa shape index (κ1) is 29.2. The van der Waals surface area contributed by atoms with E-state index in [9.17, 15) is 0 Å². The molecule has 5 rings (SSSR count). The van der Waals surface area contributed by atoms with E-state index in [1.165, 1.54) is 5.56 Å². The quantitative estimate of drug-likeness (QED) is 0.234. The van der Waals surface area contributed by atoms with Crippen molar-refractivity contribution in [2.45, 2.75) is 26.6 Å². The summed E-state index contributed by atoms with van der Waals surface area (Å²) >= 11 is 3.44. The van der Waals surface area contributed by atoms with E-state index >= 15 is 0 Å². The number of fused-ring (bicyclic) bond motifs is 1. The highest BCUT2D eigenvalue weighted by Gasteiger charge is 2.17. The van der Waals surface area contributed by atoms with Crippen LogP contribution in [0.5, 0.6) is 0 Å². The Morgan fingerprint density at radius 3 is 2.74 bits per heavy atom.